The summed E-state index contributed by atoms with van der Waals surface area (Å²) in [7, 11) is 1.26. The Hall–Kier alpha value is -3.40. The van der Waals surface area contributed by atoms with Crippen molar-refractivity contribution >= 4 is 29.2 Å². The Kier molecular flexibility index (Phi) is 8.14. The molecule has 0 saturated heterocycles. The average molecular weight is 437 g/mol. The summed E-state index contributed by atoms with van der Waals surface area (Å²) in [5.41, 5.74) is -0.519. The third-order valence-corrected chi connectivity index (χ3v) is 4.28. The van der Waals surface area contributed by atoms with Crippen molar-refractivity contribution in [1.29, 1.82) is 0 Å². The molecule has 0 aliphatic heterocycles. The number of hydrogen-bond donors (Lipinski definition) is 2. The van der Waals surface area contributed by atoms with Gasteiger partial charge in [-0.1, -0.05) is 19.1 Å². The van der Waals surface area contributed by atoms with Gasteiger partial charge in [-0.05, 0) is 42.9 Å². The summed E-state index contributed by atoms with van der Waals surface area (Å²) in [6.07, 6.45) is -4.60. The molecule has 0 spiro atoms. The van der Waals surface area contributed by atoms with E-state index in [1.807, 2.05) is 0 Å². The molecule has 0 aromatic heterocycles. The molecular formula is C21H22F3N3O4. The number of nitrogens with zero attached hydrogens (tertiary/aromatic N) is 1. The van der Waals surface area contributed by atoms with Gasteiger partial charge in [0.15, 0.2) is 0 Å². The van der Waals surface area contributed by atoms with Crippen LogP contribution in [0.2, 0.25) is 0 Å². The van der Waals surface area contributed by atoms with Gasteiger partial charge in [-0.2, -0.15) is 13.2 Å². The average Bonchev–Trinajstić information content (AvgIpc) is 2.72. The van der Waals surface area contributed by atoms with Gasteiger partial charge in [0, 0.05) is 5.69 Å². The molecule has 0 radical (unpaired) electrons. The molecule has 31 heavy (non-hydrogen) atoms. The van der Waals surface area contributed by atoms with E-state index < -0.39 is 29.5 Å². The number of rotatable bonds is 8. The van der Waals surface area contributed by atoms with E-state index in [2.05, 4.69) is 15.4 Å². The van der Waals surface area contributed by atoms with E-state index >= 15 is 0 Å². The molecule has 166 valence electrons. The topological polar surface area (TPSA) is 87.7 Å². The van der Waals surface area contributed by atoms with Gasteiger partial charge in [-0.15, -0.1) is 0 Å². The van der Waals surface area contributed by atoms with Crippen LogP contribution in [-0.2, 0) is 20.5 Å². The highest BCUT2D eigenvalue weighted by atomic mass is 19.4. The summed E-state index contributed by atoms with van der Waals surface area (Å²) < 4.78 is 43.8. The van der Waals surface area contributed by atoms with Crippen molar-refractivity contribution in [2.24, 2.45) is 0 Å². The van der Waals surface area contributed by atoms with Crippen molar-refractivity contribution in [2.45, 2.75) is 13.1 Å². The molecule has 2 amide bonds. The van der Waals surface area contributed by atoms with Crippen molar-refractivity contribution in [1.82, 2.24) is 4.90 Å². The molecule has 2 aromatic carbocycles. The Balaban J connectivity index is 1.94. The number of ether oxygens (including phenoxy) is 1. The highest BCUT2D eigenvalue weighted by Gasteiger charge is 2.33. The van der Waals surface area contributed by atoms with Gasteiger partial charge in [0.25, 0.3) is 0 Å². The maximum atomic E-state index is 13.1. The summed E-state index contributed by atoms with van der Waals surface area (Å²) in [4.78, 5) is 37.4. The van der Waals surface area contributed by atoms with E-state index in [9.17, 15) is 27.6 Å². The molecule has 0 aliphatic carbocycles. The number of halogens is 3. The lowest BCUT2D eigenvalue weighted by atomic mass is 10.1. The Labute approximate surface area is 177 Å². The van der Waals surface area contributed by atoms with E-state index in [0.717, 1.165) is 6.07 Å². The predicted octanol–water partition coefficient (Wildman–Crippen LogP) is 3.39. The van der Waals surface area contributed by atoms with E-state index in [4.69, 9.17) is 0 Å². The van der Waals surface area contributed by atoms with Crippen LogP contribution >= 0.6 is 0 Å². The maximum absolute atomic E-state index is 13.1. The molecule has 10 heteroatoms. The van der Waals surface area contributed by atoms with Gasteiger partial charge in [0.05, 0.1) is 37.0 Å². The third-order valence-electron chi connectivity index (χ3n) is 4.28. The van der Waals surface area contributed by atoms with Gasteiger partial charge >= 0.3 is 12.1 Å². The summed E-state index contributed by atoms with van der Waals surface area (Å²) in [5, 5.41) is 4.88. The highest BCUT2D eigenvalue weighted by Crippen LogP contribution is 2.34. The van der Waals surface area contributed by atoms with E-state index in [0.29, 0.717) is 17.8 Å². The summed E-state index contributed by atoms with van der Waals surface area (Å²) in [5.74, 6) is -1.60. The zero-order valence-electron chi connectivity index (χ0n) is 17.0. The second-order valence-corrected chi connectivity index (χ2v) is 6.51. The number of amides is 2. The lowest BCUT2D eigenvalue weighted by molar-refractivity contribution is -0.137. The molecule has 0 fully saturated rings. The molecule has 2 aromatic rings. The number of hydrogen-bond acceptors (Lipinski definition) is 5. The van der Waals surface area contributed by atoms with Crippen LogP contribution < -0.4 is 10.6 Å². The largest absolute Gasteiger partial charge is 0.465 e. The maximum Gasteiger partial charge on any atom is 0.418 e. The van der Waals surface area contributed by atoms with Crippen LogP contribution in [0.25, 0.3) is 0 Å². The number of carbonyl (C=O) groups excluding carboxylic acids is 3. The standard InChI is InChI=1S/C21H22F3N3O4/c1-3-27(12-18(28)25-15-10-8-14(9-11-15)20(30)31-2)13-19(29)26-17-7-5-4-6-16(17)21(22,23)24/h4-11H,3,12-13H2,1-2H3,(H,25,28)(H,26,29). The Morgan fingerprint density at radius 3 is 2.06 bits per heavy atom. The number of alkyl halides is 3. The molecule has 0 bridgehead atoms. The quantitative estimate of drug-likeness (QED) is 0.619. The molecule has 0 saturated carbocycles. The zero-order chi connectivity index (χ0) is 23.0. The van der Waals surface area contributed by atoms with Crippen molar-refractivity contribution in [3.63, 3.8) is 0 Å². The first kappa shape index (κ1) is 23.9. The first-order valence-electron chi connectivity index (χ1n) is 9.30. The van der Waals surface area contributed by atoms with Crippen LogP contribution in [0.5, 0.6) is 0 Å². The van der Waals surface area contributed by atoms with E-state index in [1.165, 1.54) is 54.5 Å². The minimum Gasteiger partial charge on any atom is -0.465 e. The van der Waals surface area contributed by atoms with Crippen LogP contribution in [0.3, 0.4) is 0 Å². The summed E-state index contributed by atoms with van der Waals surface area (Å²) >= 11 is 0. The van der Waals surface area contributed by atoms with Crippen LogP contribution in [0.1, 0.15) is 22.8 Å². The number of para-hydroxylation sites is 1. The van der Waals surface area contributed by atoms with Crippen LogP contribution in [0.4, 0.5) is 24.5 Å². The van der Waals surface area contributed by atoms with Crippen molar-refractivity contribution in [3.8, 4) is 0 Å². The number of carbonyl (C=O) groups is 3. The fourth-order valence-corrected chi connectivity index (χ4v) is 2.72. The minimum absolute atomic E-state index is 0.149. The molecule has 0 unspecified atom stereocenters. The minimum atomic E-state index is -4.60. The normalized spacial score (nSPS) is 11.2. The number of benzene rings is 2. The molecule has 2 N–H and O–H groups in total. The number of likely N-dealkylation sites (N-methyl/N-ethyl adjacent to an activating group) is 1. The van der Waals surface area contributed by atoms with Gasteiger partial charge in [-0.3, -0.25) is 14.5 Å². The summed E-state index contributed by atoms with van der Waals surface area (Å²) in [6.45, 7) is 1.62. The van der Waals surface area contributed by atoms with Crippen LogP contribution in [0, 0.1) is 0 Å². The smallest absolute Gasteiger partial charge is 0.418 e. The second-order valence-electron chi connectivity index (χ2n) is 6.51. The van der Waals surface area contributed by atoms with Crippen molar-refractivity contribution < 1.29 is 32.3 Å². The molecule has 7 nitrogen and oxygen atoms in total. The fraction of sp³-hybridized carbons (Fsp3) is 0.286. The van der Waals surface area contributed by atoms with Crippen LogP contribution in [-0.4, -0.2) is 49.4 Å². The number of methoxy groups -OCH3 is 1. The number of esters is 1. The second kappa shape index (κ2) is 10.6. The van der Waals surface area contributed by atoms with Gasteiger partial charge in [0.1, 0.15) is 0 Å². The molecule has 0 atom stereocenters. The van der Waals surface area contributed by atoms with E-state index in [1.54, 1.807) is 6.92 Å². The number of nitrogens with one attached hydrogen (secondary N) is 2. The molecular weight excluding hydrogens is 415 g/mol. The third kappa shape index (κ3) is 7.10. The van der Waals surface area contributed by atoms with Gasteiger partial charge in [0.2, 0.25) is 11.8 Å². The lowest BCUT2D eigenvalue weighted by Gasteiger charge is -2.20. The SMILES string of the molecule is CCN(CC(=O)Nc1ccc(C(=O)OC)cc1)CC(=O)Nc1ccccc1C(F)(F)F. The number of anilines is 2. The Morgan fingerprint density at radius 1 is 0.935 bits per heavy atom. The molecule has 0 heterocycles. The van der Waals surface area contributed by atoms with Gasteiger partial charge < -0.3 is 15.4 Å². The van der Waals surface area contributed by atoms with Gasteiger partial charge in [-0.25, -0.2) is 4.79 Å². The lowest BCUT2D eigenvalue weighted by Crippen LogP contribution is -2.38. The molecule has 0 aliphatic rings. The first-order valence-corrected chi connectivity index (χ1v) is 9.30. The monoisotopic (exact) mass is 437 g/mol. The molecule has 2 rings (SSSR count). The Morgan fingerprint density at radius 2 is 1.52 bits per heavy atom. The van der Waals surface area contributed by atoms with Crippen molar-refractivity contribution in [2.75, 3.05) is 37.4 Å². The van der Waals surface area contributed by atoms with Crippen LogP contribution in [0.15, 0.2) is 48.5 Å². The predicted molar refractivity (Wildman–Crippen MR) is 109 cm³/mol. The first-order chi connectivity index (χ1) is 14.6. The fourth-order valence-electron chi connectivity index (χ4n) is 2.72. The summed E-state index contributed by atoms with van der Waals surface area (Å²) in [6, 6.07) is 10.7. The Bertz CT molecular complexity index is 930. The highest BCUT2D eigenvalue weighted by molar-refractivity contribution is 5.95. The zero-order valence-corrected chi connectivity index (χ0v) is 17.0. The van der Waals surface area contributed by atoms with E-state index in [-0.39, 0.29) is 18.8 Å². The van der Waals surface area contributed by atoms with Crippen molar-refractivity contribution in [3.05, 3.63) is 59.7 Å².